The molecule has 3 atom stereocenters. The molecule has 0 spiro atoms. The van der Waals surface area contributed by atoms with E-state index in [4.69, 9.17) is 0 Å². The van der Waals surface area contributed by atoms with Crippen LogP contribution in [0.1, 0.15) is 54.0 Å². The van der Waals surface area contributed by atoms with E-state index in [1.54, 1.807) is 45.0 Å². The Morgan fingerprint density at radius 2 is 1.94 bits per heavy atom. The highest BCUT2D eigenvalue weighted by Crippen LogP contribution is 2.55. The highest BCUT2D eigenvalue weighted by molar-refractivity contribution is 5.91. The van der Waals surface area contributed by atoms with Crippen molar-refractivity contribution in [1.82, 2.24) is 4.98 Å². The van der Waals surface area contributed by atoms with Gasteiger partial charge in [0.1, 0.15) is 5.75 Å². The van der Waals surface area contributed by atoms with Crippen molar-refractivity contribution in [1.29, 1.82) is 0 Å². The Balaban J connectivity index is 1.97. The lowest BCUT2D eigenvalue weighted by Gasteiger charge is -2.46. The van der Waals surface area contributed by atoms with E-state index < -0.39 is 30.2 Å². The second-order valence-corrected chi connectivity index (χ2v) is 8.57. The number of aromatic amines is 1. The second kappa shape index (κ2) is 7.55. The number of aromatic hydroxyl groups is 1. The maximum Gasteiger partial charge on any atom is 0.419 e. The number of pyridine rings is 1. The number of fused-ring (bicyclic) bond motifs is 2. The highest BCUT2D eigenvalue weighted by Gasteiger charge is 2.62. The predicted octanol–water partition coefficient (Wildman–Crippen LogP) is 5.19. The van der Waals surface area contributed by atoms with Crippen LogP contribution in [0.3, 0.4) is 0 Å². The molecule has 0 bridgehead atoms. The summed E-state index contributed by atoms with van der Waals surface area (Å²) >= 11 is 0. The Morgan fingerprint density at radius 1 is 1.22 bits per heavy atom. The van der Waals surface area contributed by atoms with Gasteiger partial charge >= 0.3 is 6.18 Å². The summed E-state index contributed by atoms with van der Waals surface area (Å²) in [5.41, 5.74) is -0.669. The first kappa shape index (κ1) is 22.2. The van der Waals surface area contributed by atoms with Gasteiger partial charge in [0, 0.05) is 22.7 Å². The molecule has 3 aromatic rings. The van der Waals surface area contributed by atoms with Crippen molar-refractivity contribution >= 4 is 16.6 Å². The number of hydrogen-bond donors (Lipinski definition) is 4. The fourth-order valence-electron chi connectivity index (χ4n) is 4.76. The highest BCUT2D eigenvalue weighted by atomic mass is 19.4. The number of halogens is 3. The van der Waals surface area contributed by atoms with Crippen molar-refractivity contribution in [2.24, 2.45) is 0 Å². The van der Waals surface area contributed by atoms with Crippen molar-refractivity contribution in [3.63, 3.8) is 0 Å². The third kappa shape index (κ3) is 3.33. The summed E-state index contributed by atoms with van der Waals surface area (Å²) in [5, 5.41) is 25.4. The minimum Gasteiger partial charge on any atom is -0.507 e. The molecule has 0 saturated carbocycles. The van der Waals surface area contributed by atoms with Gasteiger partial charge in [-0.2, -0.15) is 13.2 Å². The minimum atomic E-state index is -4.91. The van der Waals surface area contributed by atoms with Crippen LogP contribution < -0.4 is 10.9 Å². The van der Waals surface area contributed by atoms with Gasteiger partial charge in [-0.15, -0.1) is 0 Å². The normalized spacial score (nSPS) is 23.2. The van der Waals surface area contributed by atoms with E-state index in [2.05, 4.69) is 10.3 Å². The van der Waals surface area contributed by atoms with Crippen LogP contribution in [0.15, 0.2) is 41.2 Å². The largest absolute Gasteiger partial charge is 0.507 e. The molecule has 4 N–H and O–H groups in total. The molecule has 1 aliphatic rings. The van der Waals surface area contributed by atoms with Gasteiger partial charge in [-0.25, -0.2) is 0 Å². The summed E-state index contributed by atoms with van der Waals surface area (Å²) in [6.07, 6.45) is -5.15. The topological polar surface area (TPSA) is 85.4 Å². The van der Waals surface area contributed by atoms with Crippen LogP contribution in [-0.4, -0.2) is 27.0 Å². The summed E-state index contributed by atoms with van der Waals surface area (Å²) in [6.45, 7) is 5.19. The second-order valence-electron chi connectivity index (χ2n) is 8.57. The summed E-state index contributed by atoms with van der Waals surface area (Å²) in [4.78, 5) is 14.3. The summed E-state index contributed by atoms with van der Waals surface area (Å²) in [7, 11) is 0. The third-order valence-electron chi connectivity index (χ3n) is 6.69. The maximum absolute atomic E-state index is 14.3. The number of aromatic nitrogens is 1. The molecule has 32 heavy (non-hydrogen) atoms. The van der Waals surface area contributed by atoms with E-state index in [0.717, 1.165) is 0 Å². The molecule has 2 aromatic carbocycles. The van der Waals surface area contributed by atoms with Crippen molar-refractivity contribution in [3.8, 4) is 5.75 Å². The maximum atomic E-state index is 14.3. The number of anilines is 1. The molecule has 1 heterocycles. The quantitative estimate of drug-likeness (QED) is 0.446. The fourth-order valence-corrected chi connectivity index (χ4v) is 4.76. The van der Waals surface area contributed by atoms with Crippen LogP contribution in [0.2, 0.25) is 0 Å². The van der Waals surface area contributed by atoms with E-state index in [1.807, 2.05) is 0 Å². The monoisotopic (exact) mass is 446 g/mol. The number of hydrogen-bond acceptors (Lipinski definition) is 4. The molecule has 0 radical (unpaired) electrons. The smallest absolute Gasteiger partial charge is 0.419 e. The number of rotatable bonds is 3. The number of phenols is 1. The molecule has 8 heteroatoms. The number of benzene rings is 2. The molecular weight excluding hydrogens is 421 g/mol. The Bertz CT molecular complexity index is 1250. The van der Waals surface area contributed by atoms with Crippen LogP contribution in [-0.2, 0) is 0 Å². The molecule has 0 fully saturated rings. The van der Waals surface area contributed by atoms with Crippen LogP contribution in [0, 0.1) is 13.8 Å². The fraction of sp³-hybridized carbons (Fsp3) is 0.375. The Hall–Kier alpha value is -3.00. The first-order chi connectivity index (χ1) is 15.0. The molecule has 1 aromatic heterocycles. The van der Waals surface area contributed by atoms with Crippen molar-refractivity contribution in [2.75, 3.05) is 5.32 Å². The van der Waals surface area contributed by atoms with E-state index in [-0.39, 0.29) is 16.9 Å². The van der Waals surface area contributed by atoms with Gasteiger partial charge in [0.2, 0.25) is 5.56 Å². The summed E-state index contributed by atoms with van der Waals surface area (Å²) in [5.74, 6) is -0.678. The van der Waals surface area contributed by atoms with Gasteiger partial charge in [-0.05, 0) is 67.5 Å². The Morgan fingerprint density at radius 3 is 2.59 bits per heavy atom. The zero-order valence-electron chi connectivity index (χ0n) is 18.0. The van der Waals surface area contributed by atoms with Gasteiger partial charge < -0.3 is 20.5 Å². The molecule has 0 saturated heterocycles. The standard InChI is InChI=1S/C24H25F3N2O3/c1-4-14-11-23(32,24(25,26)27)22(16-10-12(2)13(3)21(31)20(14)16)29-18-7-5-6-17-15(18)8-9-19(30)28-17/h5-10,14,22,29,31-32H,4,11H2,1-3H3,(H,28,30)/t14-,22-,23+/m0/s1. The van der Waals surface area contributed by atoms with Crippen LogP contribution in [0.4, 0.5) is 18.9 Å². The average Bonchev–Trinajstić information content (AvgIpc) is 2.72. The summed E-state index contributed by atoms with van der Waals surface area (Å²) < 4.78 is 43.0. The van der Waals surface area contributed by atoms with Gasteiger partial charge in [-0.1, -0.05) is 19.1 Å². The van der Waals surface area contributed by atoms with Crippen LogP contribution >= 0.6 is 0 Å². The molecule has 0 aliphatic heterocycles. The lowest BCUT2D eigenvalue weighted by Crippen LogP contribution is -2.55. The molecule has 0 unspecified atom stereocenters. The van der Waals surface area contributed by atoms with E-state index in [0.29, 0.717) is 39.7 Å². The number of aryl methyl sites for hydroxylation is 1. The summed E-state index contributed by atoms with van der Waals surface area (Å²) in [6, 6.07) is 7.76. The first-order valence-corrected chi connectivity index (χ1v) is 10.5. The Labute approximate surface area is 182 Å². The van der Waals surface area contributed by atoms with E-state index >= 15 is 0 Å². The lowest BCUT2D eigenvalue weighted by atomic mass is 9.68. The molecule has 1 aliphatic carbocycles. The minimum absolute atomic E-state index is 0.0230. The molecule has 5 nitrogen and oxygen atoms in total. The molecule has 170 valence electrons. The Kier molecular flexibility index (Phi) is 5.24. The number of phenolic OH excluding ortho intramolecular Hbond substituents is 1. The molecule has 0 amide bonds. The first-order valence-electron chi connectivity index (χ1n) is 10.5. The zero-order chi connectivity index (χ0) is 23.4. The predicted molar refractivity (Wildman–Crippen MR) is 117 cm³/mol. The van der Waals surface area contributed by atoms with Crippen molar-refractivity contribution < 1.29 is 23.4 Å². The molecule has 4 rings (SSSR count). The van der Waals surface area contributed by atoms with Crippen LogP contribution in [0.25, 0.3) is 10.9 Å². The van der Waals surface area contributed by atoms with Gasteiger partial charge in [0.05, 0.1) is 11.6 Å². The number of alkyl halides is 3. The van der Waals surface area contributed by atoms with Gasteiger partial charge in [0.25, 0.3) is 0 Å². The third-order valence-corrected chi connectivity index (χ3v) is 6.69. The average molecular weight is 446 g/mol. The van der Waals surface area contributed by atoms with E-state index in [1.165, 1.54) is 12.1 Å². The number of aliphatic hydroxyl groups is 1. The van der Waals surface area contributed by atoms with E-state index in [9.17, 15) is 28.2 Å². The van der Waals surface area contributed by atoms with Crippen molar-refractivity contribution in [3.05, 3.63) is 69.0 Å². The van der Waals surface area contributed by atoms with Crippen LogP contribution in [0.5, 0.6) is 5.75 Å². The number of nitrogens with one attached hydrogen (secondary N) is 2. The SMILES string of the molecule is CC[C@H]1C[C@](O)(C(F)(F)F)[C@@H](Nc2cccc3[nH]c(=O)ccc23)c2cc(C)c(C)c(O)c21. The van der Waals surface area contributed by atoms with Gasteiger partial charge in [-0.3, -0.25) is 4.79 Å². The van der Waals surface area contributed by atoms with Crippen molar-refractivity contribution in [2.45, 2.75) is 57.3 Å². The zero-order valence-corrected chi connectivity index (χ0v) is 18.0. The van der Waals surface area contributed by atoms with Gasteiger partial charge in [0.15, 0.2) is 5.60 Å². The molecular formula is C24H25F3N2O3. The lowest BCUT2D eigenvalue weighted by molar-refractivity contribution is -0.272. The number of H-pyrrole nitrogens is 1.